The summed E-state index contributed by atoms with van der Waals surface area (Å²) in [6, 6.07) is 6.96. The summed E-state index contributed by atoms with van der Waals surface area (Å²) >= 11 is 0. The molecule has 142 valence electrons. The third kappa shape index (κ3) is 4.30. The molecule has 1 aliphatic heterocycles. The lowest BCUT2D eigenvalue weighted by Gasteiger charge is -2.33. The Morgan fingerprint density at radius 1 is 1.15 bits per heavy atom. The van der Waals surface area contributed by atoms with Gasteiger partial charge in [-0.15, -0.1) is 0 Å². The van der Waals surface area contributed by atoms with Gasteiger partial charge in [0.15, 0.2) is 0 Å². The van der Waals surface area contributed by atoms with Crippen LogP contribution in [0.4, 0.5) is 9.18 Å². The number of rotatable bonds is 3. The molecule has 1 aliphatic rings. The molecule has 0 radical (unpaired) electrons. The van der Waals surface area contributed by atoms with E-state index in [0.29, 0.717) is 38.3 Å². The predicted octanol–water partition coefficient (Wildman–Crippen LogP) is 1.49. The highest BCUT2D eigenvalue weighted by atomic mass is 19.1. The summed E-state index contributed by atoms with van der Waals surface area (Å²) in [6.45, 7) is 3.38. The normalized spacial score (nSPS) is 14.1. The Morgan fingerprint density at radius 3 is 2.41 bits per heavy atom. The number of amides is 2. The molecule has 2 amide bonds. The zero-order valence-electron chi connectivity index (χ0n) is 14.8. The van der Waals surface area contributed by atoms with Gasteiger partial charge in [-0.1, -0.05) is 0 Å². The molecule has 2 heterocycles. The highest BCUT2D eigenvalue weighted by Gasteiger charge is 2.26. The largest absolute Gasteiger partial charge is 0.450 e. The van der Waals surface area contributed by atoms with Gasteiger partial charge in [0.1, 0.15) is 11.5 Å². The molecule has 1 saturated heterocycles. The summed E-state index contributed by atoms with van der Waals surface area (Å²) < 4.78 is 18.0. The van der Waals surface area contributed by atoms with Crippen molar-refractivity contribution in [1.82, 2.24) is 19.8 Å². The minimum atomic E-state index is -0.662. The Labute approximate surface area is 154 Å². The topological polar surface area (TPSA) is 95.6 Å². The number of halogens is 1. The number of aromatic amines is 1. The number of aromatic nitrogens is 2. The number of hydrogen-bond acceptors (Lipinski definition) is 5. The minimum absolute atomic E-state index is 0.0962. The molecule has 0 unspecified atom stereocenters. The minimum Gasteiger partial charge on any atom is -0.450 e. The van der Waals surface area contributed by atoms with Crippen molar-refractivity contribution in [3.05, 3.63) is 52.3 Å². The van der Waals surface area contributed by atoms with Crippen molar-refractivity contribution >= 4 is 12.0 Å². The number of benzene rings is 1. The van der Waals surface area contributed by atoms with E-state index in [9.17, 15) is 18.8 Å². The van der Waals surface area contributed by atoms with Crippen LogP contribution < -0.4 is 5.69 Å². The second-order valence-electron chi connectivity index (χ2n) is 5.97. The van der Waals surface area contributed by atoms with Gasteiger partial charge in [0.2, 0.25) is 0 Å². The maximum atomic E-state index is 13.1. The van der Waals surface area contributed by atoms with Gasteiger partial charge in [0.05, 0.1) is 12.3 Å². The Balaban J connectivity index is 1.75. The SMILES string of the molecule is CCOC(=O)N1CCN(C(=O)c2cc(-c3ccc(F)cc3)nc(=O)[nH]2)CC1. The summed E-state index contributed by atoms with van der Waals surface area (Å²) in [5.41, 5.74) is 0.250. The summed E-state index contributed by atoms with van der Waals surface area (Å²) in [6.07, 6.45) is -0.402. The molecule has 0 aliphatic carbocycles. The van der Waals surface area contributed by atoms with E-state index < -0.39 is 17.6 Å². The van der Waals surface area contributed by atoms with E-state index in [1.807, 2.05) is 0 Å². The molecule has 2 aromatic rings. The molecule has 0 spiro atoms. The fraction of sp³-hybridized carbons (Fsp3) is 0.333. The van der Waals surface area contributed by atoms with E-state index in [-0.39, 0.29) is 17.3 Å². The van der Waals surface area contributed by atoms with Crippen LogP contribution in [0.3, 0.4) is 0 Å². The van der Waals surface area contributed by atoms with Crippen LogP contribution in [0, 0.1) is 5.82 Å². The first-order valence-corrected chi connectivity index (χ1v) is 8.56. The van der Waals surface area contributed by atoms with Crippen molar-refractivity contribution < 1.29 is 18.7 Å². The maximum absolute atomic E-state index is 13.1. The van der Waals surface area contributed by atoms with Crippen molar-refractivity contribution in [2.45, 2.75) is 6.92 Å². The molecule has 9 heteroatoms. The maximum Gasteiger partial charge on any atom is 0.409 e. The number of nitrogens with one attached hydrogen (secondary N) is 1. The van der Waals surface area contributed by atoms with E-state index in [4.69, 9.17) is 4.74 Å². The van der Waals surface area contributed by atoms with Crippen molar-refractivity contribution in [3.63, 3.8) is 0 Å². The van der Waals surface area contributed by atoms with Gasteiger partial charge in [-0.2, -0.15) is 4.98 Å². The lowest BCUT2D eigenvalue weighted by Crippen LogP contribution is -2.51. The lowest BCUT2D eigenvalue weighted by molar-refractivity contribution is 0.0565. The Morgan fingerprint density at radius 2 is 1.78 bits per heavy atom. The van der Waals surface area contributed by atoms with E-state index >= 15 is 0 Å². The van der Waals surface area contributed by atoms with Crippen molar-refractivity contribution in [3.8, 4) is 11.3 Å². The van der Waals surface area contributed by atoms with Gasteiger partial charge in [-0.05, 0) is 37.3 Å². The van der Waals surface area contributed by atoms with Crippen LogP contribution in [0.5, 0.6) is 0 Å². The zero-order chi connectivity index (χ0) is 19.4. The summed E-state index contributed by atoms with van der Waals surface area (Å²) in [5.74, 6) is -0.763. The second kappa shape index (κ2) is 7.98. The van der Waals surface area contributed by atoms with Gasteiger partial charge in [-0.3, -0.25) is 4.79 Å². The van der Waals surface area contributed by atoms with Gasteiger partial charge in [0, 0.05) is 31.7 Å². The van der Waals surface area contributed by atoms with Crippen LogP contribution in [-0.4, -0.2) is 64.6 Å². The quantitative estimate of drug-likeness (QED) is 0.878. The fourth-order valence-electron chi connectivity index (χ4n) is 2.82. The van der Waals surface area contributed by atoms with Crippen molar-refractivity contribution in [2.75, 3.05) is 32.8 Å². The number of carbonyl (C=O) groups is 2. The van der Waals surface area contributed by atoms with Crippen molar-refractivity contribution in [1.29, 1.82) is 0 Å². The van der Waals surface area contributed by atoms with Gasteiger partial charge in [-0.25, -0.2) is 14.0 Å². The first-order valence-electron chi connectivity index (χ1n) is 8.56. The smallest absolute Gasteiger partial charge is 0.409 e. The van der Waals surface area contributed by atoms with Gasteiger partial charge < -0.3 is 19.5 Å². The molecular formula is C18H19FN4O4. The Bertz CT molecular complexity index is 889. The molecule has 0 atom stereocenters. The summed E-state index contributed by atoms with van der Waals surface area (Å²) in [7, 11) is 0. The zero-order valence-corrected chi connectivity index (χ0v) is 14.8. The molecule has 0 saturated carbocycles. The molecule has 3 rings (SSSR count). The monoisotopic (exact) mass is 374 g/mol. The number of H-pyrrole nitrogens is 1. The van der Waals surface area contributed by atoms with E-state index in [2.05, 4.69) is 9.97 Å². The Kier molecular flexibility index (Phi) is 5.49. The number of hydrogen-bond donors (Lipinski definition) is 1. The molecule has 0 bridgehead atoms. The fourth-order valence-corrected chi connectivity index (χ4v) is 2.82. The first kappa shape index (κ1) is 18.6. The van der Waals surface area contributed by atoms with Crippen LogP contribution in [0.25, 0.3) is 11.3 Å². The van der Waals surface area contributed by atoms with E-state index in [1.54, 1.807) is 11.8 Å². The Hall–Kier alpha value is -3.23. The molecular weight excluding hydrogens is 355 g/mol. The molecule has 1 fully saturated rings. The molecule has 8 nitrogen and oxygen atoms in total. The third-order valence-corrected chi connectivity index (χ3v) is 4.21. The van der Waals surface area contributed by atoms with Crippen LogP contribution in [-0.2, 0) is 4.74 Å². The van der Waals surface area contributed by atoms with Gasteiger partial charge in [0.25, 0.3) is 5.91 Å². The van der Waals surface area contributed by atoms with E-state index in [0.717, 1.165) is 0 Å². The first-order chi connectivity index (χ1) is 13.0. The predicted molar refractivity (Wildman–Crippen MR) is 94.8 cm³/mol. The van der Waals surface area contributed by atoms with Crippen molar-refractivity contribution in [2.24, 2.45) is 0 Å². The number of nitrogens with zero attached hydrogens (tertiary/aromatic N) is 3. The standard InChI is InChI=1S/C18H19FN4O4/c1-2-27-18(26)23-9-7-22(8-10-23)16(24)15-11-14(20-17(25)21-15)12-3-5-13(19)6-4-12/h3-6,11H,2,7-10H2,1H3,(H,20,21,25). The second-order valence-corrected chi connectivity index (χ2v) is 5.97. The van der Waals surface area contributed by atoms with Gasteiger partial charge >= 0.3 is 11.8 Å². The van der Waals surface area contributed by atoms with Crippen LogP contribution in [0.2, 0.25) is 0 Å². The molecule has 1 aromatic heterocycles. The average Bonchev–Trinajstić information content (AvgIpc) is 2.68. The van der Waals surface area contributed by atoms with Crippen LogP contribution in [0.15, 0.2) is 35.1 Å². The van der Waals surface area contributed by atoms with Crippen LogP contribution >= 0.6 is 0 Å². The average molecular weight is 374 g/mol. The van der Waals surface area contributed by atoms with Crippen LogP contribution in [0.1, 0.15) is 17.4 Å². The molecule has 1 aromatic carbocycles. The summed E-state index contributed by atoms with van der Waals surface area (Å²) in [5, 5.41) is 0. The third-order valence-electron chi connectivity index (χ3n) is 4.21. The number of ether oxygens (including phenoxy) is 1. The number of carbonyl (C=O) groups excluding carboxylic acids is 2. The molecule has 27 heavy (non-hydrogen) atoms. The highest BCUT2D eigenvalue weighted by molar-refractivity contribution is 5.93. The molecule has 1 N–H and O–H groups in total. The highest BCUT2D eigenvalue weighted by Crippen LogP contribution is 2.17. The number of piperazine rings is 1. The lowest BCUT2D eigenvalue weighted by atomic mass is 10.1. The summed E-state index contributed by atoms with van der Waals surface area (Å²) in [4.78, 5) is 45.7. The van der Waals surface area contributed by atoms with E-state index in [1.165, 1.54) is 35.2 Å².